The SMILES string of the molecule is NC(=O)CCc1nnc(SCc2nnc(-c3cccc(F)c3)o2)n1Cc1ccco1. The molecule has 0 radical (unpaired) electrons. The number of aromatic nitrogens is 5. The molecule has 2 N–H and O–H groups in total. The van der Waals surface area contributed by atoms with Gasteiger partial charge in [-0.3, -0.25) is 9.36 Å². The Morgan fingerprint density at radius 2 is 2.07 bits per heavy atom. The van der Waals surface area contributed by atoms with E-state index in [2.05, 4.69) is 20.4 Å². The second-order valence-corrected chi connectivity index (χ2v) is 7.27. The largest absolute Gasteiger partial charge is 0.467 e. The van der Waals surface area contributed by atoms with Gasteiger partial charge in [0.1, 0.15) is 17.4 Å². The number of nitrogens with zero attached hydrogens (tertiary/aromatic N) is 5. The quantitative estimate of drug-likeness (QED) is 0.403. The van der Waals surface area contributed by atoms with E-state index in [0.29, 0.717) is 41.2 Å². The Morgan fingerprint density at radius 1 is 1.17 bits per heavy atom. The van der Waals surface area contributed by atoms with Crippen LogP contribution in [0.1, 0.15) is 23.9 Å². The Kier molecular flexibility index (Phi) is 5.89. The van der Waals surface area contributed by atoms with Crippen LogP contribution in [0.4, 0.5) is 4.39 Å². The summed E-state index contributed by atoms with van der Waals surface area (Å²) in [6.07, 6.45) is 2.12. The second-order valence-electron chi connectivity index (χ2n) is 6.33. The molecule has 3 heterocycles. The first-order valence-corrected chi connectivity index (χ1v) is 10.0. The molecule has 3 aromatic heterocycles. The lowest BCUT2D eigenvalue weighted by molar-refractivity contribution is -0.118. The topological polar surface area (TPSA) is 126 Å². The van der Waals surface area contributed by atoms with Gasteiger partial charge in [-0.2, -0.15) is 0 Å². The summed E-state index contributed by atoms with van der Waals surface area (Å²) < 4.78 is 26.3. The zero-order chi connectivity index (χ0) is 20.9. The van der Waals surface area contributed by atoms with Crippen molar-refractivity contribution in [2.45, 2.75) is 30.3 Å². The lowest BCUT2D eigenvalue weighted by Crippen LogP contribution is -2.14. The third kappa shape index (κ3) is 4.74. The van der Waals surface area contributed by atoms with Crippen LogP contribution in [0.3, 0.4) is 0 Å². The minimum Gasteiger partial charge on any atom is -0.467 e. The molecule has 0 atom stereocenters. The van der Waals surface area contributed by atoms with E-state index in [4.69, 9.17) is 14.6 Å². The van der Waals surface area contributed by atoms with Crippen molar-refractivity contribution in [3.05, 3.63) is 66.0 Å². The number of furan rings is 1. The molecular weight excluding hydrogens is 411 g/mol. The van der Waals surface area contributed by atoms with Gasteiger partial charge >= 0.3 is 0 Å². The van der Waals surface area contributed by atoms with Crippen LogP contribution in [0, 0.1) is 5.82 Å². The summed E-state index contributed by atoms with van der Waals surface area (Å²) in [6, 6.07) is 9.58. The van der Waals surface area contributed by atoms with E-state index in [0.717, 1.165) is 5.76 Å². The van der Waals surface area contributed by atoms with Gasteiger partial charge in [-0.15, -0.1) is 20.4 Å². The van der Waals surface area contributed by atoms with Crippen molar-refractivity contribution in [3.63, 3.8) is 0 Å². The van der Waals surface area contributed by atoms with Crippen LogP contribution in [0.5, 0.6) is 0 Å². The summed E-state index contributed by atoms with van der Waals surface area (Å²) in [4.78, 5) is 11.1. The maximum Gasteiger partial charge on any atom is 0.247 e. The lowest BCUT2D eigenvalue weighted by Gasteiger charge is -2.07. The van der Waals surface area contributed by atoms with Crippen LogP contribution in [-0.4, -0.2) is 30.9 Å². The Labute approximate surface area is 174 Å². The van der Waals surface area contributed by atoms with Crippen LogP contribution in [0.2, 0.25) is 0 Å². The molecule has 0 spiro atoms. The van der Waals surface area contributed by atoms with Gasteiger partial charge in [0.2, 0.25) is 17.7 Å². The van der Waals surface area contributed by atoms with E-state index in [1.807, 2.05) is 10.6 Å². The zero-order valence-corrected chi connectivity index (χ0v) is 16.5. The van der Waals surface area contributed by atoms with E-state index in [-0.39, 0.29) is 18.1 Å². The number of hydrogen-bond donors (Lipinski definition) is 1. The molecule has 1 aromatic carbocycles. The van der Waals surface area contributed by atoms with E-state index in [9.17, 15) is 9.18 Å². The summed E-state index contributed by atoms with van der Waals surface area (Å²) in [7, 11) is 0. The van der Waals surface area contributed by atoms with Gasteiger partial charge in [0.05, 0.1) is 18.6 Å². The summed E-state index contributed by atoms with van der Waals surface area (Å²) in [5, 5.41) is 17.0. The molecule has 154 valence electrons. The van der Waals surface area contributed by atoms with E-state index < -0.39 is 5.91 Å². The summed E-state index contributed by atoms with van der Waals surface area (Å²) in [6.45, 7) is 0.412. The van der Waals surface area contributed by atoms with Crippen molar-refractivity contribution >= 4 is 17.7 Å². The molecule has 1 amide bonds. The highest BCUT2D eigenvalue weighted by molar-refractivity contribution is 7.98. The van der Waals surface area contributed by atoms with Crippen molar-refractivity contribution in [2.24, 2.45) is 5.73 Å². The first-order valence-electron chi connectivity index (χ1n) is 9.02. The smallest absolute Gasteiger partial charge is 0.247 e. The monoisotopic (exact) mass is 428 g/mol. The number of thioether (sulfide) groups is 1. The average molecular weight is 428 g/mol. The Bertz CT molecular complexity index is 1140. The Hall–Kier alpha value is -3.47. The predicted molar refractivity (Wildman–Crippen MR) is 105 cm³/mol. The van der Waals surface area contributed by atoms with Crippen LogP contribution in [0.15, 0.2) is 56.7 Å². The standard InChI is InChI=1S/C19H17FN6O3S/c20-13-4-1-3-12(9-13)18-24-23-17(29-18)11-30-19-25-22-16(7-6-15(21)27)26(19)10-14-5-2-8-28-14/h1-5,8-9H,6-7,10-11H2,(H2,21,27). The first kappa shape index (κ1) is 19.8. The fourth-order valence-corrected chi connectivity index (χ4v) is 3.53. The molecule has 4 aromatic rings. The van der Waals surface area contributed by atoms with Gasteiger partial charge in [-0.25, -0.2) is 4.39 Å². The number of carbonyl (C=O) groups excluding carboxylic acids is 1. The molecular formula is C19H17FN6O3S. The Morgan fingerprint density at radius 3 is 2.83 bits per heavy atom. The molecule has 0 unspecified atom stereocenters. The van der Waals surface area contributed by atoms with Crippen molar-refractivity contribution in [2.75, 3.05) is 0 Å². The van der Waals surface area contributed by atoms with Crippen LogP contribution in [0.25, 0.3) is 11.5 Å². The highest BCUT2D eigenvalue weighted by atomic mass is 32.2. The minimum atomic E-state index is -0.410. The van der Waals surface area contributed by atoms with Crippen molar-refractivity contribution in [1.82, 2.24) is 25.0 Å². The van der Waals surface area contributed by atoms with Gasteiger partial charge in [0.15, 0.2) is 5.16 Å². The average Bonchev–Trinajstić information content (AvgIpc) is 3.47. The molecule has 0 fully saturated rings. The third-order valence-corrected chi connectivity index (χ3v) is 5.10. The summed E-state index contributed by atoms with van der Waals surface area (Å²) in [5.41, 5.74) is 5.76. The normalized spacial score (nSPS) is 11.1. The maximum absolute atomic E-state index is 13.4. The number of amides is 1. The van der Waals surface area contributed by atoms with Crippen molar-refractivity contribution in [1.29, 1.82) is 0 Å². The van der Waals surface area contributed by atoms with E-state index in [1.54, 1.807) is 24.5 Å². The zero-order valence-electron chi connectivity index (χ0n) is 15.7. The number of aryl methyl sites for hydroxylation is 1. The third-order valence-electron chi connectivity index (χ3n) is 4.15. The van der Waals surface area contributed by atoms with Crippen LogP contribution < -0.4 is 5.73 Å². The highest BCUT2D eigenvalue weighted by Crippen LogP contribution is 2.25. The summed E-state index contributed by atoms with van der Waals surface area (Å²) in [5.74, 6) is 1.51. The van der Waals surface area contributed by atoms with Crippen LogP contribution in [-0.2, 0) is 23.5 Å². The molecule has 0 aliphatic rings. The number of benzene rings is 1. The molecule has 0 saturated heterocycles. The number of halogens is 1. The fourth-order valence-electron chi connectivity index (χ4n) is 2.74. The van der Waals surface area contributed by atoms with Crippen molar-refractivity contribution in [3.8, 4) is 11.5 Å². The van der Waals surface area contributed by atoms with Crippen LogP contribution >= 0.6 is 11.8 Å². The number of primary amides is 1. The second kappa shape index (κ2) is 8.91. The molecule has 0 aliphatic carbocycles. The van der Waals surface area contributed by atoms with Gasteiger partial charge in [0, 0.05) is 18.4 Å². The fraction of sp³-hybridized carbons (Fsp3) is 0.211. The number of nitrogens with two attached hydrogens (primary N) is 1. The minimum absolute atomic E-state index is 0.168. The molecule has 4 rings (SSSR count). The number of carbonyl (C=O) groups is 1. The number of hydrogen-bond acceptors (Lipinski definition) is 8. The summed E-state index contributed by atoms with van der Waals surface area (Å²) >= 11 is 1.35. The number of rotatable bonds is 9. The molecule has 30 heavy (non-hydrogen) atoms. The maximum atomic E-state index is 13.4. The Balaban J connectivity index is 1.49. The lowest BCUT2D eigenvalue weighted by atomic mass is 10.2. The van der Waals surface area contributed by atoms with Crippen molar-refractivity contribution < 1.29 is 18.0 Å². The van der Waals surface area contributed by atoms with Gasteiger partial charge < -0.3 is 14.6 Å². The van der Waals surface area contributed by atoms with Gasteiger partial charge in [-0.05, 0) is 30.3 Å². The first-order chi connectivity index (χ1) is 14.6. The molecule has 0 saturated carbocycles. The molecule has 11 heteroatoms. The molecule has 9 nitrogen and oxygen atoms in total. The molecule has 0 bridgehead atoms. The van der Waals surface area contributed by atoms with E-state index >= 15 is 0 Å². The molecule has 0 aliphatic heterocycles. The van der Waals surface area contributed by atoms with Gasteiger partial charge in [-0.1, -0.05) is 17.8 Å². The van der Waals surface area contributed by atoms with E-state index in [1.165, 1.54) is 23.9 Å². The predicted octanol–water partition coefficient (Wildman–Crippen LogP) is 2.82. The highest BCUT2D eigenvalue weighted by Gasteiger charge is 2.17. The van der Waals surface area contributed by atoms with Gasteiger partial charge in [0.25, 0.3) is 0 Å².